The van der Waals surface area contributed by atoms with Crippen LogP contribution >= 0.6 is 0 Å². The fraction of sp³-hybridized carbons (Fsp3) is 0.265. The summed E-state index contributed by atoms with van der Waals surface area (Å²) in [6, 6.07) is 24.6. The Hall–Kier alpha value is -4.49. The summed E-state index contributed by atoms with van der Waals surface area (Å²) < 4.78 is 11.6. The number of nitrogens with zero attached hydrogens (tertiary/aromatic N) is 2. The zero-order valence-corrected chi connectivity index (χ0v) is 23.2. The molecule has 7 nitrogen and oxygen atoms in total. The molecule has 2 heterocycles. The van der Waals surface area contributed by atoms with E-state index in [1.54, 1.807) is 28.0 Å². The Morgan fingerprint density at radius 2 is 1.71 bits per heavy atom. The van der Waals surface area contributed by atoms with E-state index < -0.39 is 0 Å². The Bertz CT molecular complexity index is 1570. The van der Waals surface area contributed by atoms with Gasteiger partial charge in [0.15, 0.2) is 5.43 Å². The SMILES string of the molecule is Cc1ccc2occ(CN(Cc3ccccc3)C(=O)CN(CC3CCCO3)C(=O)C=Cc3ccccc3)c(=O)c2c1. The number of carbonyl (C=O) groups is 2. The van der Waals surface area contributed by atoms with Gasteiger partial charge >= 0.3 is 0 Å². The van der Waals surface area contributed by atoms with Gasteiger partial charge in [-0.25, -0.2) is 0 Å². The van der Waals surface area contributed by atoms with Gasteiger partial charge in [-0.05, 0) is 49.1 Å². The van der Waals surface area contributed by atoms with Crippen molar-refractivity contribution in [3.05, 3.63) is 124 Å². The smallest absolute Gasteiger partial charge is 0.247 e. The summed E-state index contributed by atoms with van der Waals surface area (Å²) in [7, 11) is 0. The maximum atomic E-state index is 13.9. The summed E-state index contributed by atoms with van der Waals surface area (Å²) in [4.78, 5) is 43.8. The second-order valence-corrected chi connectivity index (χ2v) is 10.4. The van der Waals surface area contributed by atoms with E-state index in [4.69, 9.17) is 9.15 Å². The third kappa shape index (κ3) is 7.38. The van der Waals surface area contributed by atoms with Gasteiger partial charge in [0, 0.05) is 25.8 Å². The molecule has 0 radical (unpaired) electrons. The van der Waals surface area contributed by atoms with Crippen LogP contribution in [0.4, 0.5) is 0 Å². The van der Waals surface area contributed by atoms with Gasteiger partial charge in [-0.1, -0.05) is 72.3 Å². The zero-order valence-electron chi connectivity index (χ0n) is 23.2. The lowest BCUT2D eigenvalue weighted by Gasteiger charge is -2.28. The first-order valence-corrected chi connectivity index (χ1v) is 13.9. The van der Waals surface area contributed by atoms with Crippen molar-refractivity contribution >= 4 is 28.9 Å². The van der Waals surface area contributed by atoms with Gasteiger partial charge in [-0.3, -0.25) is 14.4 Å². The molecule has 0 spiro atoms. The number of amides is 2. The van der Waals surface area contributed by atoms with Crippen molar-refractivity contribution in [2.75, 3.05) is 19.7 Å². The topological polar surface area (TPSA) is 80.1 Å². The lowest BCUT2D eigenvalue weighted by atomic mass is 10.1. The third-order valence-corrected chi connectivity index (χ3v) is 7.23. The van der Waals surface area contributed by atoms with Gasteiger partial charge in [0.2, 0.25) is 11.8 Å². The Kier molecular flexibility index (Phi) is 9.06. The van der Waals surface area contributed by atoms with Crippen molar-refractivity contribution in [1.82, 2.24) is 9.80 Å². The molecule has 0 saturated carbocycles. The Labute approximate surface area is 239 Å². The molecule has 1 atom stereocenters. The minimum absolute atomic E-state index is 0.0573. The molecule has 4 aromatic rings. The number of hydrogen-bond donors (Lipinski definition) is 0. The summed E-state index contributed by atoms with van der Waals surface area (Å²) in [5.74, 6) is -0.532. The van der Waals surface area contributed by atoms with Crippen LogP contribution in [-0.4, -0.2) is 47.4 Å². The number of ether oxygens (including phenoxy) is 1. The first-order chi connectivity index (χ1) is 20.0. The monoisotopic (exact) mass is 550 g/mol. The molecule has 1 aliphatic rings. The van der Waals surface area contributed by atoms with E-state index in [0.29, 0.717) is 29.7 Å². The molecule has 7 heteroatoms. The number of aryl methyl sites for hydroxylation is 1. The summed E-state index contributed by atoms with van der Waals surface area (Å²) in [5.41, 5.74) is 3.48. The molecule has 0 bridgehead atoms. The quantitative estimate of drug-likeness (QED) is 0.249. The minimum Gasteiger partial charge on any atom is -0.464 e. The average molecular weight is 551 g/mol. The van der Waals surface area contributed by atoms with Gasteiger partial charge in [0.1, 0.15) is 12.1 Å². The summed E-state index contributed by atoms with van der Waals surface area (Å²) in [5, 5.41) is 0.482. The minimum atomic E-state index is -0.267. The van der Waals surface area contributed by atoms with E-state index in [9.17, 15) is 14.4 Å². The molecule has 1 unspecified atom stereocenters. The number of benzene rings is 3. The van der Waals surface area contributed by atoms with Crippen LogP contribution in [0.5, 0.6) is 0 Å². The van der Waals surface area contributed by atoms with E-state index in [2.05, 4.69) is 0 Å². The second-order valence-electron chi connectivity index (χ2n) is 10.4. The molecule has 41 heavy (non-hydrogen) atoms. The summed E-state index contributed by atoms with van der Waals surface area (Å²) >= 11 is 0. The van der Waals surface area contributed by atoms with Crippen LogP contribution in [0.1, 0.15) is 35.1 Å². The molecule has 3 aromatic carbocycles. The maximum Gasteiger partial charge on any atom is 0.247 e. The summed E-state index contributed by atoms with van der Waals surface area (Å²) in [6.07, 6.45) is 6.33. The van der Waals surface area contributed by atoms with E-state index in [1.165, 1.54) is 12.3 Å². The molecule has 0 aliphatic carbocycles. The van der Waals surface area contributed by atoms with Crippen LogP contribution in [0.2, 0.25) is 0 Å². The van der Waals surface area contributed by atoms with Gasteiger partial charge < -0.3 is 19.0 Å². The molecule has 1 saturated heterocycles. The van der Waals surface area contributed by atoms with Crippen LogP contribution in [0.15, 0.2) is 100 Å². The maximum absolute atomic E-state index is 13.9. The van der Waals surface area contributed by atoms with E-state index in [-0.39, 0.29) is 43.0 Å². The van der Waals surface area contributed by atoms with Crippen molar-refractivity contribution in [3.63, 3.8) is 0 Å². The molecule has 210 valence electrons. The van der Waals surface area contributed by atoms with Gasteiger partial charge in [-0.15, -0.1) is 0 Å². The average Bonchev–Trinajstić information content (AvgIpc) is 3.51. The van der Waals surface area contributed by atoms with Crippen molar-refractivity contribution in [2.45, 2.75) is 39.0 Å². The van der Waals surface area contributed by atoms with Crippen LogP contribution in [0, 0.1) is 6.92 Å². The molecular weight excluding hydrogens is 516 g/mol. The lowest BCUT2D eigenvalue weighted by Crippen LogP contribution is -2.45. The highest BCUT2D eigenvalue weighted by Gasteiger charge is 2.26. The summed E-state index contributed by atoms with van der Waals surface area (Å²) in [6.45, 7) is 3.10. The highest BCUT2D eigenvalue weighted by atomic mass is 16.5. The van der Waals surface area contributed by atoms with Gasteiger partial charge in [0.05, 0.1) is 29.9 Å². The molecule has 1 aliphatic heterocycles. The number of rotatable bonds is 10. The van der Waals surface area contributed by atoms with Crippen molar-refractivity contribution in [3.8, 4) is 0 Å². The van der Waals surface area contributed by atoms with Crippen LogP contribution in [0.3, 0.4) is 0 Å². The van der Waals surface area contributed by atoms with E-state index in [0.717, 1.165) is 29.5 Å². The molecular formula is C34H34N2O5. The predicted octanol–water partition coefficient (Wildman–Crippen LogP) is 5.35. The Morgan fingerprint density at radius 3 is 2.44 bits per heavy atom. The van der Waals surface area contributed by atoms with E-state index >= 15 is 0 Å². The van der Waals surface area contributed by atoms with Crippen LogP contribution in [-0.2, 0) is 27.4 Å². The first-order valence-electron chi connectivity index (χ1n) is 13.9. The molecule has 5 rings (SSSR count). The fourth-order valence-corrected chi connectivity index (χ4v) is 5.00. The van der Waals surface area contributed by atoms with Gasteiger partial charge in [-0.2, -0.15) is 0 Å². The standard InChI is InChI=1S/C34H34N2O5/c1-25-14-16-31-30(19-25)34(39)28(24-41-31)21-35(20-27-11-6-3-7-12-27)33(38)23-36(22-29-13-8-18-40-29)32(37)17-15-26-9-4-2-5-10-26/h2-7,9-12,14-17,19,24,29H,8,13,18,20-23H2,1H3. The largest absolute Gasteiger partial charge is 0.464 e. The highest BCUT2D eigenvalue weighted by Crippen LogP contribution is 2.17. The highest BCUT2D eigenvalue weighted by molar-refractivity contribution is 5.94. The molecule has 1 fully saturated rings. The number of hydrogen-bond acceptors (Lipinski definition) is 5. The van der Waals surface area contributed by atoms with Crippen LogP contribution in [0.25, 0.3) is 17.0 Å². The van der Waals surface area contributed by atoms with Crippen molar-refractivity contribution in [2.24, 2.45) is 0 Å². The Balaban J connectivity index is 1.41. The number of carbonyl (C=O) groups excluding carboxylic acids is 2. The molecule has 2 amide bonds. The van der Waals surface area contributed by atoms with Crippen LogP contribution < -0.4 is 5.43 Å². The predicted molar refractivity (Wildman–Crippen MR) is 159 cm³/mol. The van der Waals surface area contributed by atoms with Crippen molar-refractivity contribution < 1.29 is 18.7 Å². The van der Waals surface area contributed by atoms with Crippen molar-refractivity contribution in [1.29, 1.82) is 0 Å². The van der Waals surface area contributed by atoms with E-state index in [1.807, 2.05) is 73.7 Å². The lowest BCUT2D eigenvalue weighted by molar-refractivity contribution is -0.140. The first kappa shape index (κ1) is 28.1. The fourth-order valence-electron chi connectivity index (χ4n) is 5.00. The number of fused-ring (bicyclic) bond motifs is 1. The molecule has 0 N–H and O–H groups in total. The Morgan fingerprint density at radius 1 is 0.951 bits per heavy atom. The second kappa shape index (κ2) is 13.2. The normalized spacial score (nSPS) is 14.9. The molecule has 1 aromatic heterocycles. The van der Waals surface area contributed by atoms with Gasteiger partial charge in [0.25, 0.3) is 0 Å². The zero-order chi connectivity index (χ0) is 28.6. The third-order valence-electron chi connectivity index (χ3n) is 7.23.